The van der Waals surface area contributed by atoms with Crippen LogP contribution in [0.25, 0.3) is 0 Å². The van der Waals surface area contributed by atoms with Gasteiger partial charge in [-0.15, -0.1) is 11.8 Å². The third-order valence-corrected chi connectivity index (χ3v) is 3.74. The Balaban J connectivity index is 2.18. The van der Waals surface area contributed by atoms with Crippen LogP contribution in [-0.2, 0) is 4.79 Å². The van der Waals surface area contributed by atoms with Gasteiger partial charge < -0.3 is 10.6 Å². The number of benzene rings is 1. The van der Waals surface area contributed by atoms with E-state index in [2.05, 4.69) is 10.6 Å². The molecule has 2 N–H and O–H groups in total. The highest BCUT2D eigenvalue weighted by molar-refractivity contribution is 8.00. The molecule has 0 heterocycles. The molecule has 4 nitrogen and oxygen atoms in total. The molecular formula is C14H19ClN2O2S. The summed E-state index contributed by atoms with van der Waals surface area (Å²) in [5.74, 6) is 0.578. The zero-order valence-electron chi connectivity index (χ0n) is 11.4. The van der Waals surface area contributed by atoms with E-state index in [1.807, 2.05) is 7.05 Å². The lowest BCUT2D eigenvalue weighted by Gasteiger charge is -2.05. The Hall–Kier alpha value is -1.04. The van der Waals surface area contributed by atoms with E-state index in [0.29, 0.717) is 28.6 Å². The minimum atomic E-state index is -0.0324. The zero-order valence-corrected chi connectivity index (χ0v) is 13.0. The van der Waals surface area contributed by atoms with Gasteiger partial charge >= 0.3 is 0 Å². The summed E-state index contributed by atoms with van der Waals surface area (Å²) >= 11 is 7.08. The van der Waals surface area contributed by atoms with Crippen LogP contribution in [-0.4, -0.2) is 43.3 Å². The van der Waals surface area contributed by atoms with E-state index in [-0.39, 0.29) is 11.7 Å². The summed E-state index contributed by atoms with van der Waals surface area (Å²) < 4.78 is 0. The van der Waals surface area contributed by atoms with E-state index in [1.54, 1.807) is 24.3 Å². The molecule has 0 fully saturated rings. The van der Waals surface area contributed by atoms with Crippen molar-refractivity contribution in [3.05, 3.63) is 34.9 Å². The number of nitrogens with one attached hydrogen (secondary N) is 2. The summed E-state index contributed by atoms with van der Waals surface area (Å²) in [5, 5.41) is 6.43. The van der Waals surface area contributed by atoms with Crippen molar-refractivity contribution in [2.45, 2.75) is 6.42 Å². The quantitative estimate of drug-likeness (QED) is 0.540. The second-order valence-corrected chi connectivity index (χ2v) is 5.65. The van der Waals surface area contributed by atoms with Gasteiger partial charge in [0.15, 0.2) is 5.78 Å². The lowest BCUT2D eigenvalue weighted by atomic mass is 10.1. The Morgan fingerprint density at radius 3 is 2.50 bits per heavy atom. The summed E-state index contributed by atoms with van der Waals surface area (Å²) in [6.07, 6.45) is 0.899. The Morgan fingerprint density at radius 1 is 1.15 bits per heavy atom. The Morgan fingerprint density at radius 2 is 1.85 bits per heavy atom. The average Bonchev–Trinajstić information content (AvgIpc) is 2.44. The normalized spacial score (nSPS) is 10.3. The number of rotatable bonds is 9. The van der Waals surface area contributed by atoms with E-state index in [9.17, 15) is 9.59 Å². The van der Waals surface area contributed by atoms with E-state index < -0.39 is 0 Å². The Bertz CT molecular complexity index is 437. The summed E-state index contributed by atoms with van der Waals surface area (Å²) in [6.45, 7) is 1.54. The molecule has 1 aromatic carbocycles. The highest BCUT2D eigenvalue weighted by Crippen LogP contribution is 2.12. The number of ketones is 1. The van der Waals surface area contributed by atoms with Gasteiger partial charge in [-0.2, -0.15) is 0 Å². The van der Waals surface area contributed by atoms with Crippen molar-refractivity contribution >= 4 is 35.1 Å². The van der Waals surface area contributed by atoms with Gasteiger partial charge in [-0.05, 0) is 44.3 Å². The number of hydrogen-bond donors (Lipinski definition) is 2. The van der Waals surface area contributed by atoms with Crippen LogP contribution in [0.1, 0.15) is 16.8 Å². The van der Waals surface area contributed by atoms with Gasteiger partial charge in [0.05, 0.1) is 11.5 Å². The highest BCUT2D eigenvalue weighted by atomic mass is 35.5. The first kappa shape index (κ1) is 17.0. The van der Waals surface area contributed by atoms with Gasteiger partial charge in [-0.1, -0.05) is 11.6 Å². The Labute approximate surface area is 128 Å². The lowest BCUT2D eigenvalue weighted by molar-refractivity contribution is -0.118. The summed E-state index contributed by atoms with van der Waals surface area (Å²) in [7, 11) is 1.88. The van der Waals surface area contributed by atoms with Crippen molar-refractivity contribution in [3.8, 4) is 0 Å². The molecule has 110 valence electrons. The van der Waals surface area contributed by atoms with Crippen LogP contribution >= 0.6 is 23.4 Å². The van der Waals surface area contributed by atoms with Gasteiger partial charge in [0.1, 0.15) is 0 Å². The van der Waals surface area contributed by atoms with Crippen LogP contribution in [0.5, 0.6) is 0 Å². The van der Waals surface area contributed by atoms with Crippen molar-refractivity contribution in [1.29, 1.82) is 0 Å². The van der Waals surface area contributed by atoms with Crippen LogP contribution in [0.3, 0.4) is 0 Å². The molecular weight excluding hydrogens is 296 g/mol. The molecule has 0 saturated heterocycles. The average molecular weight is 315 g/mol. The van der Waals surface area contributed by atoms with E-state index >= 15 is 0 Å². The number of hydrogen-bond acceptors (Lipinski definition) is 4. The SMILES string of the molecule is CNCCCNC(=O)CSCC(=O)c1ccc(Cl)cc1. The molecule has 6 heteroatoms. The highest BCUT2D eigenvalue weighted by Gasteiger charge is 2.07. The van der Waals surface area contributed by atoms with E-state index in [4.69, 9.17) is 11.6 Å². The second-order valence-electron chi connectivity index (χ2n) is 4.23. The first-order valence-electron chi connectivity index (χ1n) is 6.41. The van der Waals surface area contributed by atoms with Gasteiger partial charge in [0.2, 0.25) is 5.91 Å². The minimum Gasteiger partial charge on any atom is -0.355 e. The molecule has 1 aromatic rings. The van der Waals surface area contributed by atoms with E-state index in [1.165, 1.54) is 11.8 Å². The van der Waals surface area contributed by atoms with Crippen LogP contribution in [0.4, 0.5) is 0 Å². The van der Waals surface area contributed by atoms with Crippen molar-refractivity contribution in [3.63, 3.8) is 0 Å². The van der Waals surface area contributed by atoms with Crippen LogP contribution in [0.15, 0.2) is 24.3 Å². The number of halogens is 1. The van der Waals surface area contributed by atoms with Gasteiger partial charge in [-0.3, -0.25) is 9.59 Å². The van der Waals surface area contributed by atoms with Crippen molar-refractivity contribution < 1.29 is 9.59 Å². The summed E-state index contributed by atoms with van der Waals surface area (Å²) in [6, 6.07) is 6.77. The van der Waals surface area contributed by atoms with E-state index in [0.717, 1.165) is 13.0 Å². The second kappa shape index (κ2) is 9.80. The molecule has 0 saturated carbocycles. The summed E-state index contributed by atoms with van der Waals surface area (Å²) in [5.41, 5.74) is 0.622. The molecule has 0 radical (unpaired) electrons. The van der Waals surface area contributed by atoms with Gasteiger partial charge in [0.25, 0.3) is 0 Å². The fourth-order valence-corrected chi connectivity index (χ4v) is 2.37. The Kier molecular flexibility index (Phi) is 8.34. The van der Waals surface area contributed by atoms with Crippen LogP contribution in [0, 0.1) is 0 Å². The number of carbonyl (C=O) groups excluding carboxylic acids is 2. The number of thioether (sulfide) groups is 1. The largest absolute Gasteiger partial charge is 0.355 e. The minimum absolute atomic E-state index is 0.00893. The molecule has 1 amide bonds. The predicted molar refractivity (Wildman–Crippen MR) is 84.7 cm³/mol. The molecule has 0 aliphatic carbocycles. The maximum Gasteiger partial charge on any atom is 0.230 e. The monoisotopic (exact) mass is 314 g/mol. The zero-order chi connectivity index (χ0) is 14.8. The molecule has 0 bridgehead atoms. The number of amides is 1. The third kappa shape index (κ3) is 6.93. The maximum atomic E-state index is 11.8. The predicted octanol–water partition coefficient (Wildman–Crippen LogP) is 1.98. The van der Waals surface area contributed by atoms with Crippen molar-refractivity contribution in [2.75, 3.05) is 31.6 Å². The number of carbonyl (C=O) groups is 2. The van der Waals surface area contributed by atoms with Crippen LogP contribution in [0.2, 0.25) is 5.02 Å². The molecule has 0 aliphatic heterocycles. The van der Waals surface area contributed by atoms with Crippen molar-refractivity contribution in [1.82, 2.24) is 10.6 Å². The molecule has 0 aliphatic rings. The maximum absolute atomic E-state index is 11.8. The fourth-order valence-electron chi connectivity index (χ4n) is 1.50. The van der Waals surface area contributed by atoms with Gasteiger partial charge in [0, 0.05) is 17.1 Å². The molecule has 20 heavy (non-hydrogen) atoms. The molecule has 0 atom stereocenters. The third-order valence-electron chi connectivity index (χ3n) is 2.56. The lowest BCUT2D eigenvalue weighted by Crippen LogP contribution is -2.28. The first-order chi connectivity index (χ1) is 9.63. The van der Waals surface area contributed by atoms with Crippen LogP contribution < -0.4 is 10.6 Å². The van der Waals surface area contributed by atoms with Gasteiger partial charge in [-0.25, -0.2) is 0 Å². The fraction of sp³-hybridized carbons (Fsp3) is 0.429. The topological polar surface area (TPSA) is 58.2 Å². The first-order valence-corrected chi connectivity index (χ1v) is 7.94. The smallest absolute Gasteiger partial charge is 0.230 e. The summed E-state index contributed by atoms with van der Waals surface area (Å²) in [4.78, 5) is 23.3. The molecule has 1 rings (SSSR count). The molecule has 0 unspecified atom stereocenters. The van der Waals surface area contributed by atoms with Crippen molar-refractivity contribution in [2.24, 2.45) is 0 Å². The molecule has 0 aromatic heterocycles. The standard InChI is InChI=1S/C14H19ClN2O2S/c1-16-7-2-8-17-14(19)10-20-9-13(18)11-3-5-12(15)6-4-11/h3-6,16H,2,7-10H2,1H3,(H,17,19). The number of Topliss-reactive ketones (excluding diaryl/α,β-unsaturated/α-hetero) is 1. The molecule has 0 spiro atoms.